The average molecular weight is 373 g/mol. The second kappa shape index (κ2) is 9.22. The molecule has 0 aromatic heterocycles. The molecule has 0 bridgehead atoms. The number of morpholine rings is 1. The summed E-state index contributed by atoms with van der Waals surface area (Å²) in [4.78, 5) is 31.2. The fourth-order valence-electron chi connectivity index (χ4n) is 3.88. The van der Waals surface area contributed by atoms with Gasteiger partial charge in [0.2, 0.25) is 5.91 Å². The molecule has 1 aromatic rings. The van der Waals surface area contributed by atoms with Crippen LogP contribution >= 0.6 is 0 Å². The van der Waals surface area contributed by atoms with Crippen LogP contribution in [0.15, 0.2) is 24.3 Å². The van der Waals surface area contributed by atoms with Gasteiger partial charge in [0.25, 0.3) is 5.91 Å². The van der Waals surface area contributed by atoms with E-state index in [1.807, 2.05) is 53.1 Å². The van der Waals surface area contributed by atoms with E-state index in [-0.39, 0.29) is 11.8 Å². The van der Waals surface area contributed by atoms with Gasteiger partial charge in [0.15, 0.2) is 0 Å². The van der Waals surface area contributed by atoms with Crippen LogP contribution in [0.1, 0.15) is 36.0 Å². The molecule has 0 N–H and O–H groups in total. The van der Waals surface area contributed by atoms with Gasteiger partial charge in [0.05, 0.1) is 13.2 Å². The van der Waals surface area contributed by atoms with Crippen molar-refractivity contribution in [2.24, 2.45) is 5.92 Å². The Hall–Kier alpha value is -2.08. The number of carbonyl (C=O) groups excluding carboxylic acids is 2. The number of ether oxygens (including phenoxy) is 1. The largest absolute Gasteiger partial charge is 0.378 e. The van der Waals surface area contributed by atoms with Crippen LogP contribution in [-0.4, -0.2) is 75.1 Å². The lowest BCUT2D eigenvalue weighted by Gasteiger charge is -2.33. The van der Waals surface area contributed by atoms with Crippen molar-refractivity contribution in [2.75, 3.05) is 58.4 Å². The average Bonchev–Trinajstić information content (AvgIpc) is 2.72. The smallest absolute Gasteiger partial charge is 0.253 e. The predicted molar refractivity (Wildman–Crippen MR) is 106 cm³/mol. The second-order valence-corrected chi connectivity index (χ2v) is 7.74. The molecule has 0 saturated carbocycles. The van der Waals surface area contributed by atoms with E-state index in [1.54, 1.807) is 0 Å². The summed E-state index contributed by atoms with van der Waals surface area (Å²) in [5, 5.41) is 0. The summed E-state index contributed by atoms with van der Waals surface area (Å²) < 4.78 is 5.31. The van der Waals surface area contributed by atoms with E-state index < -0.39 is 0 Å². The van der Waals surface area contributed by atoms with E-state index >= 15 is 0 Å². The molecule has 6 nitrogen and oxygen atoms in total. The standard InChI is InChI=1S/C21H31N3O3/c1-22(2)19-7-3-6-18(15-19)21(26)24-10-4-5-17(16-24)8-9-20(25)23-11-13-27-14-12-23/h3,6-7,15,17H,4-5,8-14,16H2,1-2H3/t17-/m0/s1. The normalized spacial score (nSPS) is 20.4. The van der Waals surface area contributed by atoms with Crippen molar-refractivity contribution >= 4 is 17.5 Å². The first kappa shape index (κ1) is 19.7. The maximum Gasteiger partial charge on any atom is 0.253 e. The Morgan fingerprint density at radius 2 is 1.93 bits per heavy atom. The summed E-state index contributed by atoms with van der Waals surface area (Å²) in [6, 6.07) is 7.78. The molecule has 27 heavy (non-hydrogen) atoms. The fraction of sp³-hybridized carbons (Fsp3) is 0.619. The van der Waals surface area contributed by atoms with Crippen molar-refractivity contribution < 1.29 is 14.3 Å². The van der Waals surface area contributed by atoms with Gasteiger partial charge >= 0.3 is 0 Å². The molecule has 2 heterocycles. The van der Waals surface area contributed by atoms with Crippen LogP contribution < -0.4 is 4.90 Å². The first-order chi connectivity index (χ1) is 13.0. The van der Waals surface area contributed by atoms with Crippen LogP contribution in [0.5, 0.6) is 0 Å². The Morgan fingerprint density at radius 1 is 1.15 bits per heavy atom. The number of hydrogen-bond acceptors (Lipinski definition) is 4. The number of hydrogen-bond donors (Lipinski definition) is 0. The van der Waals surface area contributed by atoms with Crippen molar-refractivity contribution in [3.8, 4) is 0 Å². The third kappa shape index (κ3) is 5.22. The first-order valence-corrected chi connectivity index (χ1v) is 9.97. The SMILES string of the molecule is CN(C)c1cccc(C(=O)N2CCC[C@@H](CCC(=O)N3CCOCC3)C2)c1. The Kier molecular flexibility index (Phi) is 6.72. The molecule has 2 aliphatic heterocycles. The summed E-state index contributed by atoms with van der Waals surface area (Å²) in [5.41, 5.74) is 1.77. The van der Waals surface area contributed by atoms with Crippen LogP contribution in [0.25, 0.3) is 0 Å². The first-order valence-electron chi connectivity index (χ1n) is 9.97. The molecule has 2 amide bonds. The zero-order valence-corrected chi connectivity index (χ0v) is 16.5. The van der Waals surface area contributed by atoms with E-state index in [2.05, 4.69) is 0 Å². The molecule has 0 spiro atoms. The monoisotopic (exact) mass is 373 g/mol. The van der Waals surface area contributed by atoms with Gasteiger partial charge in [-0.2, -0.15) is 0 Å². The number of piperidine rings is 1. The zero-order valence-electron chi connectivity index (χ0n) is 16.5. The van der Waals surface area contributed by atoms with Crippen molar-refractivity contribution in [1.29, 1.82) is 0 Å². The van der Waals surface area contributed by atoms with Gasteiger partial charge in [0.1, 0.15) is 0 Å². The highest BCUT2D eigenvalue weighted by atomic mass is 16.5. The third-order valence-electron chi connectivity index (χ3n) is 5.55. The molecule has 6 heteroatoms. The summed E-state index contributed by atoms with van der Waals surface area (Å²) in [6.07, 6.45) is 3.54. The van der Waals surface area contributed by atoms with Crippen LogP contribution in [0, 0.1) is 5.92 Å². The molecule has 2 saturated heterocycles. The van der Waals surface area contributed by atoms with Gasteiger partial charge in [-0.15, -0.1) is 0 Å². The second-order valence-electron chi connectivity index (χ2n) is 7.74. The fourth-order valence-corrected chi connectivity index (χ4v) is 3.88. The summed E-state index contributed by atoms with van der Waals surface area (Å²) >= 11 is 0. The number of amides is 2. The summed E-state index contributed by atoms with van der Waals surface area (Å²) in [6.45, 7) is 4.25. The van der Waals surface area contributed by atoms with Gasteiger partial charge in [-0.25, -0.2) is 0 Å². The van der Waals surface area contributed by atoms with Crippen LogP contribution in [0.3, 0.4) is 0 Å². The minimum absolute atomic E-state index is 0.0999. The van der Waals surface area contributed by atoms with Gasteiger partial charge in [-0.1, -0.05) is 6.07 Å². The van der Waals surface area contributed by atoms with E-state index in [0.717, 1.165) is 43.6 Å². The number of likely N-dealkylation sites (tertiary alicyclic amines) is 1. The summed E-state index contributed by atoms with van der Waals surface area (Å²) in [7, 11) is 3.96. The highest BCUT2D eigenvalue weighted by Gasteiger charge is 2.26. The van der Waals surface area contributed by atoms with Crippen LogP contribution in [-0.2, 0) is 9.53 Å². The molecule has 2 fully saturated rings. The predicted octanol–water partition coefficient (Wildman–Crippen LogP) is 2.24. The minimum Gasteiger partial charge on any atom is -0.378 e. The zero-order chi connectivity index (χ0) is 19.2. The van der Waals surface area contributed by atoms with Gasteiger partial charge in [-0.3, -0.25) is 9.59 Å². The molecule has 3 rings (SSSR count). The van der Waals surface area contributed by atoms with E-state index in [0.29, 0.717) is 38.6 Å². The van der Waals surface area contributed by atoms with Crippen molar-refractivity contribution in [1.82, 2.24) is 9.80 Å². The Balaban J connectivity index is 1.53. The molecule has 2 aliphatic rings. The number of anilines is 1. The van der Waals surface area contributed by atoms with Gasteiger partial charge in [-0.05, 0) is 43.4 Å². The van der Waals surface area contributed by atoms with Gasteiger partial charge in [0, 0.05) is 57.9 Å². The molecular formula is C21H31N3O3. The lowest BCUT2D eigenvalue weighted by Crippen LogP contribution is -2.42. The van der Waals surface area contributed by atoms with E-state index in [1.165, 1.54) is 0 Å². The molecule has 148 valence electrons. The maximum atomic E-state index is 12.9. The Morgan fingerprint density at radius 3 is 2.67 bits per heavy atom. The van der Waals surface area contributed by atoms with Crippen molar-refractivity contribution in [3.63, 3.8) is 0 Å². The maximum absolute atomic E-state index is 12.9. The highest BCUT2D eigenvalue weighted by Crippen LogP contribution is 2.24. The van der Waals surface area contributed by atoms with Gasteiger partial charge < -0.3 is 19.4 Å². The number of rotatable bonds is 5. The Labute approximate surface area is 162 Å². The van der Waals surface area contributed by atoms with E-state index in [4.69, 9.17) is 4.74 Å². The lowest BCUT2D eigenvalue weighted by atomic mass is 9.92. The molecule has 0 radical (unpaired) electrons. The minimum atomic E-state index is 0.0999. The van der Waals surface area contributed by atoms with Crippen molar-refractivity contribution in [2.45, 2.75) is 25.7 Å². The van der Waals surface area contributed by atoms with Crippen molar-refractivity contribution in [3.05, 3.63) is 29.8 Å². The van der Waals surface area contributed by atoms with Crippen LogP contribution in [0.2, 0.25) is 0 Å². The lowest BCUT2D eigenvalue weighted by molar-refractivity contribution is -0.135. The highest BCUT2D eigenvalue weighted by molar-refractivity contribution is 5.95. The molecule has 0 unspecified atom stereocenters. The molecule has 1 aromatic carbocycles. The Bertz CT molecular complexity index is 656. The third-order valence-corrected chi connectivity index (χ3v) is 5.55. The summed E-state index contributed by atoms with van der Waals surface area (Å²) in [5.74, 6) is 0.730. The molecule has 1 atom stereocenters. The molecule has 0 aliphatic carbocycles. The topological polar surface area (TPSA) is 53.1 Å². The van der Waals surface area contributed by atoms with Crippen LogP contribution in [0.4, 0.5) is 5.69 Å². The van der Waals surface area contributed by atoms with E-state index in [9.17, 15) is 9.59 Å². The number of carbonyl (C=O) groups is 2. The number of benzene rings is 1. The quantitative estimate of drug-likeness (QED) is 0.794. The molecular weight excluding hydrogens is 342 g/mol. The number of nitrogens with zero attached hydrogens (tertiary/aromatic N) is 3.